The quantitative estimate of drug-likeness (QED) is 0.840. The molecule has 0 radical (unpaired) electrons. The third-order valence-corrected chi connectivity index (χ3v) is 6.25. The van der Waals surface area contributed by atoms with Gasteiger partial charge in [-0.2, -0.15) is 0 Å². The van der Waals surface area contributed by atoms with Gasteiger partial charge in [0.1, 0.15) is 6.10 Å². The largest absolute Gasteiger partial charge is 0.494 e. The summed E-state index contributed by atoms with van der Waals surface area (Å²) in [6.45, 7) is 3.13. The van der Waals surface area contributed by atoms with Crippen LogP contribution in [0.3, 0.4) is 0 Å². The maximum absolute atomic E-state index is 5.83. The minimum atomic E-state index is 0.401. The summed E-state index contributed by atoms with van der Waals surface area (Å²) < 4.78 is 5.83. The van der Waals surface area contributed by atoms with Crippen molar-refractivity contribution >= 4 is 0 Å². The highest BCUT2D eigenvalue weighted by molar-refractivity contribution is 5.02. The SMILES string of the molecule is CC1=CCC(CNC2C3CCCC4CC2CC4C3)O1. The Morgan fingerprint density at radius 2 is 1.89 bits per heavy atom. The fraction of sp³-hybridized carbons (Fsp3) is 0.882. The first-order chi connectivity index (χ1) is 9.29. The molecular weight excluding hydrogens is 234 g/mol. The second kappa shape index (κ2) is 4.80. The Bertz CT molecular complexity index is 377. The highest BCUT2D eigenvalue weighted by Crippen LogP contribution is 2.53. The van der Waals surface area contributed by atoms with Crippen molar-refractivity contribution in [3.8, 4) is 0 Å². The summed E-state index contributed by atoms with van der Waals surface area (Å²) in [6, 6.07) is 0.797. The van der Waals surface area contributed by atoms with E-state index in [1.54, 1.807) is 0 Å². The van der Waals surface area contributed by atoms with Gasteiger partial charge in [-0.3, -0.25) is 0 Å². The molecule has 106 valence electrons. The maximum atomic E-state index is 5.83. The second-order valence-electron chi connectivity index (χ2n) is 7.40. The lowest BCUT2D eigenvalue weighted by Crippen LogP contribution is -2.46. The molecule has 3 bridgehead atoms. The number of fused-ring (bicyclic) bond motifs is 2. The van der Waals surface area contributed by atoms with Gasteiger partial charge < -0.3 is 10.1 Å². The van der Waals surface area contributed by atoms with Crippen molar-refractivity contribution in [2.45, 2.75) is 64.0 Å². The molecule has 2 nitrogen and oxygen atoms in total. The second-order valence-corrected chi connectivity index (χ2v) is 7.40. The summed E-state index contributed by atoms with van der Waals surface area (Å²) in [5.74, 6) is 5.22. The minimum absolute atomic E-state index is 0.401. The van der Waals surface area contributed by atoms with Crippen LogP contribution in [0, 0.1) is 23.7 Å². The predicted molar refractivity (Wildman–Crippen MR) is 76.7 cm³/mol. The molecule has 0 aromatic rings. The van der Waals surface area contributed by atoms with Crippen LogP contribution in [0.4, 0.5) is 0 Å². The van der Waals surface area contributed by atoms with Crippen molar-refractivity contribution in [3.63, 3.8) is 0 Å². The Morgan fingerprint density at radius 3 is 2.74 bits per heavy atom. The van der Waals surface area contributed by atoms with Crippen LogP contribution < -0.4 is 5.32 Å². The molecule has 1 aliphatic heterocycles. The smallest absolute Gasteiger partial charge is 0.114 e. The van der Waals surface area contributed by atoms with E-state index < -0.39 is 0 Å². The van der Waals surface area contributed by atoms with Crippen molar-refractivity contribution in [3.05, 3.63) is 11.8 Å². The lowest BCUT2D eigenvalue weighted by molar-refractivity contribution is 0.116. The molecule has 0 saturated heterocycles. The standard InChI is InChI=1S/C17H27NO/c1-11-5-6-16(19-11)10-18-17-13-4-2-3-12-7-15(17)9-14(12)8-13/h5,12-18H,2-4,6-10H2,1H3. The van der Waals surface area contributed by atoms with Gasteiger partial charge in [0.2, 0.25) is 0 Å². The summed E-state index contributed by atoms with van der Waals surface area (Å²) in [5, 5.41) is 3.91. The zero-order valence-electron chi connectivity index (χ0n) is 12.1. The van der Waals surface area contributed by atoms with Crippen LogP contribution in [0.5, 0.6) is 0 Å². The Labute approximate surface area is 117 Å². The topological polar surface area (TPSA) is 21.3 Å². The van der Waals surface area contributed by atoms with Crippen LogP contribution in [0.2, 0.25) is 0 Å². The molecule has 3 fully saturated rings. The minimum Gasteiger partial charge on any atom is -0.494 e. The molecule has 1 N–H and O–H groups in total. The van der Waals surface area contributed by atoms with E-state index >= 15 is 0 Å². The average molecular weight is 261 g/mol. The Hall–Kier alpha value is -0.500. The monoisotopic (exact) mass is 261 g/mol. The van der Waals surface area contributed by atoms with Gasteiger partial charge >= 0.3 is 0 Å². The summed E-state index contributed by atoms with van der Waals surface area (Å²) in [6.07, 6.45) is 12.8. The number of ether oxygens (including phenoxy) is 1. The van der Waals surface area contributed by atoms with E-state index in [0.29, 0.717) is 6.10 Å². The predicted octanol–water partition coefficient (Wildman–Crippen LogP) is 3.48. The number of hydrogen-bond acceptors (Lipinski definition) is 2. The van der Waals surface area contributed by atoms with Gasteiger partial charge in [0.25, 0.3) is 0 Å². The van der Waals surface area contributed by atoms with Gasteiger partial charge in [0.05, 0.1) is 5.76 Å². The van der Waals surface area contributed by atoms with Crippen molar-refractivity contribution in [1.82, 2.24) is 5.32 Å². The summed E-state index contributed by atoms with van der Waals surface area (Å²) in [7, 11) is 0. The fourth-order valence-electron chi connectivity index (χ4n) is 5.44. The maximum Gasteiger partial charge on any atom is 0.114 e. The average Bonchev–Trinajstić information content (AvgIpc) is 2.89. The zero-order chi connectivity index (χ0) is 12.8. The molecule has 3 saturated carbocycles. The van der Waals surface area contributed by atoms with Crippen molar-refractivity contribution < 1.29 is 4.74 Å². The van der Waals surface area contributed by atoms with E-state index in [1.165, 1.54) is 38.5 Å². The van der Waals surface area contributed by atoms with Gasteiger partial charge in [-0.25, -0.2) is 0 Å². The van der Waals surface area contributed by atoms with E-state index in [1.807, 2.05) is 0 Å². The van der Waals surface area contributed by atoms with Gasteiger partial charge in [0, 0.05) is 19.0 Å². The molecule has 6 atom stereocenters. The molecule has 4 rings (SSSR count). The van der Waals surface area contributed by atoms with Crippen LogP contribution in [0.1, 0.15) is 51.9 Å². The molecule has 3 aliphatic carbocycles. The van der Waals surface area contributed by atoms with E-state index in [4.69, 9.17) is 4.74 Å². The molecular formula is C17H27NO. The van der Waals surface area contributed by atoms with Crippen molar-refractivity contribution in [2.24, 2.45) is 23.7 Å². The van der Waals surface area contributed by atoms with Crippen molar-refractivity contribution in [1.29, 1.82) is 0 Å². The van der Waals surface area contributed by atoms with E-state index in [-0.39, 0.29) is 0 Å². The zero-order valence-corrected chi connectivity index (χ0v) is 12.1. The third kappa shape index (κ3) is 2.22. The molecule has 4 aliphatic rings. The Morgan fingerprint density at radius 1 is 1.11 bits per heavy atom. The summed E-state index contributed by atoms with van der Waals surface area (Å²) >= 11 is 0. The van der Waals surface area contributed by atoms with Crippen LogP contribution in [0.25, 0.3) is 0 Å². The molecule has 1 heterocycles. The normalized spacial score (nSPS) is 47.9. The third-order valence-electron chi connectivity index (χ3n) is 6.25. The van der Waals surface area contributed by atoms with E-state index in [9.17, 15) is 0 Å². The lowest BCUT2D eigenvalue weighted by Gasteiger charge is -2.37. The molecule has 0 amide bonds. The summed E-state index contributed by atoms with van der Waals surface area (Å²) in [4.78, 5) is 0. The van der Waals surface area contributed by atoms with Gasteiger partial charge in [-0.1, -0.05) is 12.8 Å². The lowest BCUT2D eigenvalue weighted by atomic mass is 9.75. The van der Waals surface area contributed by atoms with Crippen LogP contribution in [0.15, 0.2) is 11.8 Å². The van der Waals surface area contributed by atoms with Gasteiger partial charge in [0.15, 0.2) is 0 Å². The van der Waals surface area contributed by atoms with Crippen LogP contribution >= 0.6 is 0 Å². The number of allylic oxidation sites excluding steroid dienone is 1. The Balaban J connectivity index is 1.38. The Kier molecular flexibility index (Phi) is 3.10. The summed E-state index contributed by atoms with van der Waals surface area (Å²) in [5.41, 5.74) is 0. The first kappa shape index (κ1) is 12.3. The first-order valence-corrected chi connectivity index (χ1v) is 8.36. The molecule has 19 heavy (non-hydrogen) atoms. The van der Waals surface area contributed by atoms with Crippen LogP contribution in [-0.4, -0.2) is 18.7 Å². The molecule has 0 aromatic heterocycles. The first-order valence-electron chi connectivity index (χ1n) is 8.36. The fourth-order valence-corrected chi connectivity index (χ4v) is 5.44. The number of nitrogens with one attached hydrogen (secondary N) is 1. The van der Waals surface area contributed by atoms with Gasteiger partial charge in [-0.15, -0.1) is 0 Å². The van der Waals surface area contributed by atoms with E-state index in [0.717, 1.165) is 48.4 Å². The highest BCUT2D eigenvalue weighted by atomic mass is 16.5. The molecule has 6 unspecified atom stereocenters. The molecule has 0 aromatic carbocycles. The highest BCUT2D eigenvalue weighted by Gasteiger charge is 2.47. The molecule has 2 heteroatoms. The number of rotatable bonds is 3. The molecule has 0 spiro atoms. The van der Waals surface area contributed by atoms with Gasteiger partial charge in [-0.05, 0) is 62.4 Å². The van der Waals surface area contributed by atoms with Crippen molar-refractivity contribution in [2.75, 3.05) is 6.54 Å². The van der Waals surface area contributed by atoms with Crippen LogP contribution in [-0.2, 0) is 4.74 Å². The number of hydrogen-bond donors (Lipinski definition) is 1. The van der Waals surface area contributed by atoms with E-state index in [2.05, 4.69) is 18.3 Å².